The fraction of sp³-hybridized carbons (Fsp3) is 0.250. The zero-order valence-corrected chi connectivity index (χ0v) is 11.4. The first-order chi connectivity index (χ1) is 10.1. The molecule has 0 fully saturated rings. The molecule has 0 spiro atoms. The zero-order valence-electron chi connectivity index (χ0n) is 11.4. The topological polar surface area (TPSA) is 55.2 Å². The van der Waals surface area contributed by atoms with E-state index in [2.05, 4.69) is 17.4 Å². The Hall–Kier alpha value is -2.43. The summed E-state index contributed by atoms with van der Waals surface area (Å²) >= 11 is 0. The molecule has 3 rings (SSSR count). The first-order valence-corrected chi connectivity index (χ1v) is 6.91. The van der Waals surface area contributed by atoms with E-state index < -0.39 is 10.7 Å². The smallest absolute Gasteiger partial charge is 0.272 e. The molecule has 1 aliphatic carbocycles. The van der Waals surface area contributed by atoms with Gasteiger partial charge in [-0.25, -0.2) is 4.39 Å². The van der Waals surface area contributed by atoms with Crippen LogP contribution in [0.25, 0.3) is 0 Å². The van der Waals surface area contributed by atoms with Gasteiger partial charge < -0.3 is 5.32 Å². The van der Waals surface area contributed by atoms with Gasteiger partial charge in [0.1, 0.15) is 5.82 Å². The van der Waals surface area contributed by atoms with E-state index in [1.54, 1.807) is 0 Å². The van der Waals surface area contributed by atoms with Crippen molar-refractivity contribution in [2.75, 3.05) is 5.32 Å². The fourth-order valence-electron chi connectivity index (χ4n) is 2.73. The maximum absolute atomic E-state index is 13.4. The Kier molecular flexibility index (Phi) is 3.56. The first kappa shape index (κ1) is 13.5. The predicted octanol–water partition coefficient (Wildman–Crippen LogP) is 3.83. The summed E-state index contributed by atoms with van der Waals surface area (Å²) in [6.45, 7) is 0.359. The lowest BCUT2D eigenvalue weighted by atomic mass is 10.1. The van der Waals surface area contributed by atoms with Crippen molar-refractivity contribution < 1.29 is 9.31 Å². The summed E-state index contributed by atoms with van der Waals surface area (Å²) in [7, 11) is 0. The van der Waals surface area contributed by atoms with Crippen LogP contribution in [-0.4, -0.2) is 4.92 Å². The highest BCUT2D eigenvalue weighted by atomic mass is 19.1. The summed E-state index contributed by atoms with van der Waals surface area (Å²) in [6, 6.07) is 9.85. The van der Waals surface area contributed by atoms with Crippen LogP contribution in [-0.2, 0) is 19.4 Å². The molecule has 0 heterocycles. The first-order valence-electron chi connectivity index (χ1n) is 6.91. The van der Waals surface area contributed by atoms with Crippen molar-refractivity contribution in [3.05, 3.63) is 69.0 Å². The molecule has 21 heavy (non-hydrogen) atoms. The number of nitrogens with zero attached hydrogens (tertiary/aromatic N) is 1. The van der Waals surface area contributed by atoms with Gasteiger partial charge in [0, 0.05) is 18.3 Å². The van der Waals surface area contributed by atoms with Crippen LogP contribution in [0.2, 0.25) is 0 Å². The van der Waals surface area contributed by atoms with Crippen LogP contribution >= 0.6 is 0 Å². The van der Waals surface area contributed by atoms with E-state index in [1.807, 2.05) is 6.07 Å². The van der Waals surface area contributed by atoms with E-state index in [1.165, 1.54) is 29.7 Å². The van der Waals surface area contributed by atoms with Crippen LogP contribution in [0.1, 0.15) is 23.1 Å². The number of halogens is 1. The number of non-ortho nitro benzene ring substituents is 1. The number of benzene rings is 2. The van der Waals surface area contributed by atoms with E-state index in [4.69, 9.17) is 0 Å². The lowest BCUT2D eigenvalue weighted by Crippen LogP contribution is -2.01. The van der Waals surface area contributed by atoms with Crippen LogP contribution in [0.4, 0.5) is 15.8 Å². The highest BCUT2D eigenvalue weighted by Crippen LogP contribution is 2.25. The molecule has 0 aromatic heterocycles. The monoisotopic (exact) mass is 286 g/mol. The van der Waals surface area contributed by atoms with Crippen LogP contribution in [0.3, 0.4) is 0 Å². The maximum Gasteiger partial charge on any atom is 0.272 e. The van der Waals surface area contributed by atoms with E-state index in [-0.39, 0.29) is 5.69 Å². The number of hydrogen-bond acceptors (Lipinski definition) is 3. The van der Waals surface area contributed by atoms with Crippen molar-refractivity contribution >= 4 is 11.4 Å². The van der Waals surface area contributed by atoms with Crippen LogP contribution in [0.5, 0.6) is 0 Å². The van der Waals surface area contributed by atoms with Crippen LogP contribution < -0.4 is 5.32 Å². The molecule has 2 aromatic rings. The molecular weight excluding hydrogens is 271 g/mol. The number of rotatable bonds is 4. The number of hydrogen-bond donors (Lipinski definition) is 1. The maximum atomic E-state index is 13.4. The molecule has 108 valence electrons. The molecule has 0 saturated carbocycles. The van der Waals surface area contributed by atoms with Crippen molar-refractivity contribution in [1.82, 2.24) is 0 Å². The molecule has 0 radical (unpaired) electrons. The quantitative estimate of drug-likeness (QED) is 0.686. The third-order valence-electron chi connectivity index (χ3n) is 3.75. The van der Waals surface area contributed by atoms with Crippen LogP contribution in [0.15, 0.2) is 36.4 Å². The number of anilines is 1. The second kappa shape index (κ2) is 5.52. The number of nitro benzene ring substituents is 1. The molecule has 0 unspecified atom stereocenters. The summed E-state index contributed by atoms with van der Waals surface area (Å²) in [6.07, 6.45) is 3.41. The predicted molar refractivity (Wildman–Crippen MR) is 78.8 cm³/mol. The Morgan fingerprint density at radius 3 is 2.76 bits per heavy atom. The van der Waals surface area contributed by atoms with Crippen molar-refractivity contribution in [3.63, 3.8) is 0 Å². The molecule has 0 saturated heterocycles. The molecule has 0 atom stereocenters. The molecule has 2 aromatic carbocycles. The van der Waals surface area contributed by atoms with E-state index in [9.17, 15) is 14.5 Å². The van der Waals surface area contributed by atoms with E-state index in [0.29, 0.717) is 12.1 Å². The standard InChI is InChI=1S/C16H15FN2O2/c17-14-6-11(7-16(9-14)19(20)21)10-18-15-5-4-12-2-1-3-13(12)8-15/h4-9,18H,1-3,10H2. The minimum Gasteiger partial charge on any atom is -0.381 e. The Labute approximate surface area is 121 Å². The average Bonchev–Trinajstić information content (AvgIpc) is 2.92. The molecule has 1 N–H and O–H groups in total. The lowest BCUT2D eigenvalue weighted by molar-refractivity contribution is -0.385. The molecule has 0 bridgehead atoms. The molecular formula is C16H15FN2O2. The van der Waals surface area contributed by atoms with Crippen molar-refractivity contribution in [3.8, 4) is 0 Å². The van der Waals surface area contributed by atoms with E-state index >= 15 is 0 Å². The highest BCUT2D eigenvalue weighted by Gasteiger charge is 2.12. The Bertz CT molecular complexity index is 701. The minimum atomic E-state index is -0.588. The SMILES string of the molecule is O=[N+]([O-])c1cc(F)cc(CNc2ccc3c(c2)CCC3)c1. The van der Waals surface area contributed by atoms with Gasteiger partial charge in [0.05, 0.1) is 11.0 Å². The number of nitro groups is 1. The Morgan fingerprint density at radius 2 is 1.95 bits per heavy atom. The minimum absolute atomic E-state index is 0.222. The molecule has 4 nitrogen and oxygen atoms in total. The second-order valence-electron chi connectivity index (χ2n) is 5.27. The number of fused-ring (bicyclic) bond motifs is 1. The van der Waals surface area contributed by atoms with Gasteiger partial charge in [-0.1, -0.05) is 6.07 Å². The lowest BCUT2D eigenvalue weighted by Gasteiger charge is -2.09. The molecule has 0 aliphatic heterocycles. The van der Waals surface area contributed by atoms with Gasteiger partial charge in [-0.3, -0.25) is 10.1 Å². The molecule has 1 aliphatic rings. The highest BCUT2D eigenvalue weighted by molar-refractivity contribution is 5.50. The third-order valence-corrected chi connectivity index (χ3v) is 3.75. The zero-order chi connectivity index (χ0) is 14.8. The summed E-state index contributed by atoms with van der Waals surface area (Å²) in [5, 5.41) is 13.9. The molecule has 0 amide bonds. The summed E-state index contributed by atoms with van der Waals surface area (Å²) in [5.41, 5.74) is 4.04. The van der Waals surface area contributed by atoms with Gasteiger partial charge >= 0.3 is 0 Å². The number of nitrogens with one attached hydrogen (secondary N) is 1. The third kappa shape index (κ3) is 3.02. The van der Waals surface area contributed by atoms with Crippen molar-refractivity contribution in [2.24, 2.45) is 0 Å². The van der Waals surface area contributed by atoms with E-state index in [0.717, 1.165) is 24.6 Å². The van der Waals surface area contributed by atoms with Crippen molar-refractivity contribution in [1.29, 1.82) is 0 Å². The van der Waals surface area contributed by atoms with Gasteiger partial charge in [-0.2, -0.15) is 0 Å². The largest absolute Gasteiger partial charge is 0.381 e. The van der Waals surface area contributed by atoms with Crippen molar-refractivity contribution in [2.45, 2.75) is 25.8 Å². The normalized spacial score (nSPS) is 13.0. The number of aryl methyl sites for hydroxylation is 2. The average molecular weight is 286 g/mol. The Balaban J connectivity index is 1.74. The van der Waals surface area contributed by atoms with Gasteiger partial charge in [-0.15, -0.1) is 0 Å². The second-order valence-corrected chi connectivity index (χ2v) is 5.27. The van der Waals surface area contributed by atoms with Crippen LogP contribution in [0, 0.1) is 15.9 Å². The van der Waals surface area contributed by atoms with Gasteiger partial charge in [-0.05, 0) is 54.2 Å². The molecule has 5 heteroatoms. The van der Waals surface area contributed by atoms with Gasteiger partial charge in [0.15, 0.2) is 0 Å². The summed E-state index contributed by atoms with van der Waals surface area (Å²) in [4.78, 5) is 10.1. The summed E-state index contributed by atoms with van der Waals surface area (Å²) in [5.74, 6) is -0.588. The summed E-state index contributed by atoms with van der Waals surface area (Å²) < 4.78 is 13.4. The van der Waals surface area contributed by atoms with Gasteiger partial charge in [0.2, 0.25) is 0 Å². The Morgan fingerprint density at radius 1 is 1.14 bits per heavy atom. The fourth-order valence-corrected chi connectivity index (χ4v) is 2.73. The van der Waals surface area contributed by atoms with Gasteiger partial charge in [0.25, 0.3) is 5.69 Å².